The van der Waals surface area contributed by atoms with Crippen LogP contribution in [0.15, 0.2) is 0 Å². The molecule has 0 atom stereocenters. The number of aromatic nitrogens is 3. The molecule has 70 valence electrons. The van der Waals surface area contributed by atoms with E-state index < -0.39 is 23.3 Å². The van der Waals surface area contributed by atoms with E-state index in [1.165, 1.54) is 0 Å². The van der Waals surface area contributed by atoms with Crippen LogP contribution in [0.1, 0.15) is 21.0 Å². The highest BCUT2D eigenvalue weighted by Gasteiger charge is 2.25. The molecular formula is C5H5N3O5. The zero-order valence-corrected chi connectivity index (χ0v) is 6.46. The first-order valence-corrected chi connectivity index (χ1v) is 3.04. The maximum absolute atomic E-state index is 10.5. The maximum Gasteiger partial charge on any atom is 0.360 e. The SMILES string of the molecule is COn1nnc(C(=O)O)c1C(=O)O. The van der Waals surface area contributed by atoms with Crippen LogP contribution in [0.25, 0.3) is 0 Å². The van der Waals surface area contributed by atoms with Crippen LogP contribution in [0.3, 0.4) is 0 Å². The molecule has 0 radical (unpaired) electrons. The average molecular weight is 187 g/mol. The fraction of sp³-hybridized carbons (Fsp3) is 0.200. The Morgan fingerprint density at radius 2 is 2.00 bits per heavy atom. The van der Waals surface area contributed by atoms with E-state index in [1.54, 1.807) is 0 Å². The third-order valence-corrected chi connectivity index (χ3v) is 1.22. The molecule has 0 fully saturated rings. The van der Waals surface area contributed by atoms with Gasteiger partial charge in [0, 0.05) is 0 Å². The molecule has 2 N–H and O–H groups in total. The van der Waals surface area contributed by atoms with Gasteiger partial charge in [0.1, 0.15) is 7.11 Å². The molecule has 0 unspecified atom stereocenters. The summed E-state index contributed by atoms with van der Waals surface area (Å²) >= 11 is 0. The Bertz CT molecular complexity index is 357. The van der Waals surface area contributed by atoms with Crippen molar-refractivity contribution in [1.82, 2.24) is 15.2 Å². The van der Waals surface area contributed by atoms with Crippen molar-refractivity contribution in [1.29, 1.82) is 0 Å². The Labute approximate surface area is 71.3 Å². The fourth-order valence-electron chi connectivity index (χ4n) is 0.723. The molecule has 0 spiro atoms. The monoisotopic (exact) mass is 187 g/mol. The number of rotatable bonds is 3. The number of carboxylic acids is 2. The first-order valence-electron chi connectivity index (χ1n) is 3.04. The lowest BCUT2D eigenvalue weighted by molar-refractivity contribution is 0.0583. The van der Waals surface area contributed by atoms with Crippen LogP contribution < -0.4 is 4.84 Å². The lowest BCUT2D eigenvalue weighted by Crippen LogP contribution is -2.17. The summed E-state index contributed by atoms with van der Waals surface area (Å²) in [7, 11) is 1.15. The van der Waals surface area contributed by atoms with E-state index in [-0.39, 0.29) is 0 Å². The molecule has 1 aromatic heterocycles. The molecule has 0 amide bonds. The van der Waals surface area contributed by atoms with Crippen molar-refractivity contribution < 1.29 is 24.6 Å². The van der Waals surface area contributed by atoms with E-state index in [0.29, 0.717) is 4.85 Å². The van der Waals surface area contributed by atoms with Crippen LogP contribution in [-0.2, 0) is 0 Å². The zero-order chi connectivity index (χ0) is 10.0. The number of nitrogens with zero attached hydrogens (tertiary/aromatic N) is 3. The van der Waals surface area contributed by atoms with Crippen molar-refractivity contribution in [2.24, 2.45) is 0 Å². The summed E-state index contributed by atoms with van der Waals surface area (Å²) in [6, 6.07) is 0. The van der Waals surface area contributed by atoms with E-state index in [1.807, 2.05) is 0 Å². The van der Waals surface area contributed by atoms with Gasteiger partial charge in [-0.2, -0.15) is 0 Å². The molecule has 0 bridgehead atoms. The van der Waals surface area contributed by atoms with Gasteiger partial charge in [-0.25, -0.2) is 9.59 Å². The molecule has 1 aromatic rings. The minimum Gasteiger partial charge on any atom is -0.476 e. The molecule has 8 heteroatoms. The third-order valence-electron chi connectivity index (χ3n) is 1.22. The molecule has 0 saturated carbocycles. The summed E-state index contributed by atoms with van der Waals surface area (Å²) in [6.07, 6.45) is 0. The Kier molecular flexibility index (Phi) is 2.13. The average Bonchev–Trinajstić information content (AvgIpc) is 2.46. The molecule has 0 aliphatic rings. The van der Waals surface area contributed by atoms with E-state index in [0.717, 1.165) is 7.11 Å². The first kappa shape index (κ1) is 8.97. The van der Waals surface area contributed by atoms with E-state index >= 15 is 0 Å². The first-order chi connectivity index (χ1) is 6.07. The minimum absolute atomic E-state index is 0.520. The highest BCUT2D eigenvalue weighted by atomic mass is 16.7. The summed E-state index contributed by atoms with van der Waals surface area (Å²) in [5.74, 6) is -2.94. The van der Waals surface area contributed by atoms with Crippen molar-refractivity contribution in [3.63, 3.8) is 0 Å². The number of hydrogen-bond acceptors (Lipinski definition) is 5. The lowest BCUT2D eigenvalue weighted by Gasteiger charge is -1.98. The van der Waals surface area contributed by atoms with Crippen LogP contribution in [0.2, 0.25) is 0 Å². The van der Waals surface area contributed by atoms with Gasteiger partial charge in [-0.1, -0.05) is 4.85 Å². The predicted molar refractivity (Wildman–Crippen MR) is 36.4 cm³/mol. The molecule has 1 heterocycles. The number of carbonyl (C=O) groups is 2. The smallest absolute Gasteiger partial charge is 0.360 e. The number of aromatic carboxylic acids is 2. The minimum atomic E-state index is -1.47. The van der Waals surface area contributed by atoms with Crippen LogP contribution in [0.5, 0.6) is 0 Å². The summed E-state index contributed by atoms with van der Waals surface area (Å²) in [6.45, 7) is 0. The standard InChI is InChI=1S/C5H5N3O5/c1-13-8-3(5(11)12)2(4(9)10)6-7-8/h1H3,(H,9,10)(H,11,12). The molecule has 0 aliphatic heterocycles. The molecule has 0 aliphatic carbocycles. The van der Waals surface area contributed by atoms with E-state index in [2.05, 4.69) is 15.1 Å². The van der Waals surface area contributed by atoms with Crippen molar-refractivity contribution >= 4 is 11.9 Å². The molecular weight excluding hydrogens is 182 g/mol. The van der Waals surface area contributed by atoms with Crippen molar-refractivity contribution in [2.75, 3.05) is 7.11 Å². The lowest BCUT2D eigenvalue weighted by atomic mass is 10.3. The summed E-state index contributed by atoms with van der Waals surface area (Å²) in [5.41, 5.74) is -1.27. The van der Waals surface area contributed by atoms with Gasteiger partial charge >= 0.3 is 11.9 Å². The Balaban J connectivity index is 3.30. The molecule has 13 heavy (non-hydrogen) atoms. The van der Waals surface area contributed by atoms with Crippen LogP contribution in [0, 0.1) is 0 Å². The fourth-order valence-corrected chi connectivity index (χ4v) is 0.723. The number of carboxylic acid groups (broad SMARTS) is 2. The number of hydrogen-bond donors (Lipinski definition) is 2. The van der Waals surface area contributed by atoms with Gasteiger partial charge in [0.05, 0.1) is 0 Å². The van der Waals surface area contributed by atoms with Crippen LogP contribution >= 0.6 is 0 Å². The molecule has 1 rings (SSSR count). The Morgan fingerprint density at radius 3 is 2.38 bits per heavy atom. The Hall–Kier alpha value is -2.12. The largest absolute Gasteiger partial charge is 0.476 e. The van der Waals surface area contributed by atoms with E-state index in [9.17, 15) is 9.59 Å². The van der Waals surface area contributed by atoms with E-state index in [4.69, 9.17) is 10.2 Å². The Morgan fingerprint density at radius 1 is 1.38 bits per heavy atom. The second kappa shape index (κ2) is 3.09. The van der Waals surface area contributed by atoms with Crippen molar-refractivity contribution in [3.8, 4) is 0 Å². The summed E-state index contributed by atoms with van der Waals surface area (Å²) in [4.78, 5) is 25.9. The van der Waals surface area contributed by atoms with Gasteiger partial charge in [0.25, 0.3) is 0 Å². The highest BCUT2D eigenvalue weighted by molar-refractivity contribution is 5.98. The predicted octanol–water partition coefficient (Wildman–Crippen LogP) is -1.27. The van der Waals surface area contributed by atoms with Gasteiger partial charge < -0.3 is 15.1 Å². The maximum atomic E-state index is 10.5. The van der Waals surface area contributed by atoms with Gasteiger partial charge in [0.2, 0.25) is 11.4 Å². The van der Waals surface area contributed by atoms with Gasteiger partial charge in [-0.15, -0.1) is 5.10 Å². The van der Waals surface area contributed by atoms with Crippen LogP contribution in [-0.4, -0.2) is 44.4 Å². The zero-order valence-electron chi connectivity index (χ0n) is 6.46. The molecule has 0 aromatic carbocycles. The van der Waals surface area contributed by atoms with Crippen LogP contribution in [0.4, 0.5) is 0 Å². The van der Waals surface area contributed by atoms with Crippen molar-refractivity contribution in [3.05, 3.63) is 11.4 Å². The second-order valence-electron chi connectivity index (χ2n) is 1.95. The normalized spacial score (nSPS) is 9.62. The van der Waals surface area contributed by atoms with Gasteiger partial charge in [-0.05, 0) is 5.21 Å². The van der Waals surface area contributed by atoms with Gasteiger partial charge in [-0.3, -0.25) is 0 Å². The molecule has 8 nitrogen and oxygen atoms in total. The third kappa shape index (κ3) is 1.41. The summed E-state index contributed by atoms with van der Waals surface area (Å²) in [5, 5.41) is 23.3. The second-order valence-corrected chi connectivity index (χ2v) is 1.95. The molecule has 0 saturated heterocycles. The topological polar surface area (TPSA) is 115 Å². The van der Waals surface area contributed by atoms with Crippen molar-refractivity contribution in [2.45, 2.75) is 0 Å². The summed E-state index contributed by atoms with van der Waals surface area (Å²) < 4.78 is 0. The quantitative estimate of drug-likeness (QED) is 0.606. The van der Waals surface area contributed by atoms with Gasteiger partial charge in [0.15, 0.2) is 0 Å². The highest BCUT2D eigenvalue weighted by Crippen LogP contribution is 2.03.